The highest BCUT2D eigenvalue weighted by Crippen LogP contribution is 2.44. The van der Waals surface area contributed by atoms with Crippen LogP contribution >= 0.6 is 0 Å². The first-order valence-corrected chi connectivity index (χ1v) is 13.5. The van der Waals surface area contributed by atoms with Crippen LogP contribution in [0.1, 0.15) is 51.5 Å². The van der Waals surface area contributed by atoms with E-state index in [4.69, 9.17) is 4.74 Å². The summed E-state index contributed by atoms with van der Waals surface area (Å²) in [5.41, 5.74) is -1.18. The van der Waals surface area contributed by atoms with Gasteiger partial charge >= 0.3 is 12.6 Å². The maximum Gasteiger partial charge on any atom is 0.321 e. The minimum atomic E-state index is -3.08. The predicted octanol–water partition coefficient (Wildman–Crippen LogP) is 3.65. The van der Waals surface area contributed by atoms with Crippen molar-refractivity contribution in [3.8, 4) is 17.3 Å². The van der Waals surface area contributed by atoms with Gasteiger partial charge in [-0.25, -0.2) is 4.39 Å². The highest BCUT2D eigenvalue weighted by atomic mass is 19.3. The van der Waals surface area contributed by atoms with Gasteiger partial charge in [-0.05, 0) is 51.1 Å². The van der Waals surface area contributed by atoms with E-state index in [1.54, 1.807) is 0 Å². The maximum atomic E-state index is 16.0. The first kappa shape index (κ1) is 26.0. The Labute approximate surface area is 223 Å². The number of rotatable bonds is 6. The van der Waals surface area contributed by atoms with E-state index < -0.39 is 24.0 Å². The fraction of sp³-hybridized carbons (Fsp3) is 0.556. The van der Waals surface area contributed by atoms with Crippen molar-refractivity contribution >= 4 is 16.7 Å². The van der Waals surface area contributed by atoms with E-state index in [9.17, 15) is 18.7 Å². The van der Waals surface area contributed by atoms with E-state index in [0.29, 0.717) is 43.4 Å². The molecule has 5 heterocycles. The number of fused-ring (bicyclic) bond motifs is 2. The third-order valence-corrected chi connectivity index (χ3v) is 8.40. The summed E-state index contributed by atoms with van der Waals surface area (Å²) < 4.78 is 49.1. The number of aromatic nitrogens is 4. The Kier molecular flexibility index (Phi) is 6.92. The van der Waals surface area contributed by atoms with Crippen LogP contribution < -0.4 is 20.5 Å². The Bertz CT molecular complexity index is 1440. The summed E-state index contributed by atoms with van der Waals surface area (Å²) in [5, 5.41) is 14.2. The number of aliphatic hydroxyl groups excluding tert-OH is 1. The molecule has 3 aromatic heterocycles. The van der Waals surface area contributed by atoms with Crippen molar-refractivity contribution in [3.05, 3.63) is 40.7 Å². The van der Waals surface area contributed by atoms with Crippen LogP contribution in [0.2, 0.25) is 0 Å². The molecule has 2 N–H and O–H groups in total. The summed E-state index contributed by atoms with van der Waals surface area (Å²) >= 11 is 0. The molecule has 0 amide bonds. The Morgan fingerprint density at radius 2 is 2.03 bits per heavy atom. The Morgan fingerprint density at radius 1 is 1.18 bits per heavy atom. The van der Waals surface area contributed by atoms with Gasteiger partial charge in [0.15, 0.2) is 5.82 Å². The van der Waals surface area contributed by atoms with Crippen molar-refractivity contribution in [1.82, 2.24) is 24.8 Å². The molecule has 12 heteroatoms. The molecule has 0 radical (unpaired) electrons. The fourth-order valence-corrected chi connectivity index (χ4v) is 6.40. The lowest BCUT2D eigenvalue weighted by molar-refractivity contribution is 0.0665. The number of aliphatic hydroxyl groups is 1. The molecular weight excluding hydrogens is 513 g/mol. The zero-order valence-electron chi connectivity index (χ0n) is 21.5. The fourth-order valence-electron chi connectivity index (χ4n) is 6.40. The molecule has 2 saturated heterocycles. The summed E-state index contributed by atoms with van der Waals surface area (Å²) in [6.45, 7) is -0.753. The summed E-state index contributed by atoms with van der Waals surface area (Å²) in [5.74, 6) is -0.416. The summed E-state index contributed by atoms with van der Waals surface area (Å²) in [4.78, 5) is 27.0. The van der Waals surface area contributed by atoms with Crippen molar-refractivity contribution in [2.45, 2.75) is 63.6 Å². The number of halogens is 3. The van der Waals surface area contributed by atoms with Gasteiger partial charge < -0.3 is 20.1 Å². The molecule has 9 nitrogen and oxygen atoms in total. The SMILES string of the molecule is O=c1ccc(-c2ncc3c(N4CCCC(O)C4)nc(OCC45CCCNC4CCC5)nc3c2F)cn1C(F)F. The van der Waals surface area contributed by atoms with E-state index in [2.05, 4.69) is 20.3 Å². The summed E-state index contributed by atoms with van der Waals surface area (Å²) in [6.07, 6.45) is 8.47. The van der Waals surface area contributed by atoms with Gasteiger partial charge in [0.2, 0.25) is 0 Å². The number of β-amino-alcohol motifs (C(OH)–C–C–N with tert-alkyl or cyclic N) is 1. The zero-order valence-corrected chi connectivity index (χ0v) is 21.5. The molecule has 3 atom stereocenters. The van der Waals surface area contributed by atoms with Gasteiger partial charge in [0.25, 0.3) is 5.56 Å². The highest BCUT2D eigenvalue weighted by molar-refractivity contribution is 5.92. The highest BCUT2D eigenvalue weighted by Gasteiger charge is 2.45. The van der Waals surface area contributed by atoms with Crippen molar-refractivity contribution in [1.29, 1.82) is 0 Å². The molecule has 2 aliphatic heterocycles. The summed E-state index contributed by atoms with van der Waals surface area (Å²) in [6, 6.07) is 2.60. The normalized spacial score (nSPS) is 25.3. The molecule has 3 fully saturated rings. The largest absolute Gasteiger partial charge is 0.463 e. The zero-order chi connectivity index (χ0) is 27.1. The number of pyridine rings is 2. The molecule has 6 rings (SSSR count). The van der Waals surface area contributed by atoms with Gasteiger partial charge in [0.05, 0.1) is 18.1 Å². The number of alkyl halides is 2. The van der Waals surface area contributed by atoms with E-state index in [1.165, 1.54) is 12.3 Å². The molecule has 0 aromatic carbocycles. The Morgan fingerprint density at radius 3 is 2.85 bits per heavy atom. The van der Waals surface area contributed by atoms with Crippen molar-refractivity contribution in [3.63, 3.8) is 0 Å². The molecule has 208 valence electrons. The number of piperidine rings is 2. The molecule has 0 spiro atoms. The monoisotopic (exact) mass is 544 g/mol. The van der Waals surface area contributed by atoms with Gasteiger partial charge in [-0.1, -0.05) is 6.42 Å². The molecule has 1 saturated carbocycles. The minimum absolute atomic E-state index is 0.0197. The van der Waals surface area contributed by atoms with Gasteiger partial charge in [-0.2, -0.15) is 18.7 Å². The average molecular weight is 545 g/mol. The third kappa shape index (κ3) is 4.84. The molecule has 3 aliphatic rings. The quantitative estimate of drug-likeness (QED) is 0.485. The molecule has 3 aromatic rings. The van der Waals surface area contributed by atoms with Crippen molar-refractivity contribution in [2.75, 3.05) is 31.1 Å². The second-order valence-electron chi connectivity index (χ2n) is 10.8. The first-order chi connectivity index (χ1) is 18.8. The van der Waals surface area contributed by atoms with E-state index >= 15 is 4.39 Å². The van der Waals surface area contributed by atoms with Crippen LogP contribution in [-0.4, -0.2) is 63.0 Å². The van der Waals surface area contributed by atoms with Gasteiger partial charge in [-0.15, -0.1) is 0 Å². The van der Waals surface area contributed by atoms with Crippen LogP contribution in [0.4, 0.5) is 19.0 Å². The Balaban J connectivity index is 1.42. The molecule has 0 bridgehead atoms. The molecule has 39 heavy (non-hydrogen) atoms. The van der Waals surface area contributed by atoms with Crippen molar-refractivity contribution in [2.24, 2.45) is 5.41 Å². The van der Waals surface area contributed by atoms with E-state index in [1.807, 2.05) is 4.90 Å². The lowest BCUT2D eigenvalue weighted by Crippen LogP contribution is -2.49. The Hall–Kier alpha value is -3.25. The number of nitrogens with zero attached hydrogens (tertiary/aromatic N) is 5. The minimum Gasteiger partial charge on any atom is -0.463 e. The standard InChI is InChI=1S/C27H31F3N6O3/c28-21-22(16-6-7-20(38)36(13-16)25(29)30)32-12-18-23(21)33-26(34-24(18)35-11-2-4-17(37)14-35)39-15-27-8-1-5-19(27)31-10-3-9-27/h6-7,12-13,17,19,25,31,37H,1-5,8-11,14-15H2. The third-order valence-electron chi connectivity index (χ3n) is 8.40. The number of nitrogens with one attached hydrogen (secondary N) is 1. The van der Waals surface area contributed by atoms with Gasteiger partial charge in [0.1, 0.15) is 17.0 Å². The van der Waals surface area contributed by atoms with E-state index in [0.717, 1.165) is 57.3 Å². The molecule has 3 unspecified atom stereocenters. The number of anilines is 1. The second-order valence-corrected chi connectivity index (χ2v) is 10.8. The van der Waals surface area contributed by atoms with E-state index in [-0.39, 0.29) is 32.8 Å². The maximum absolute atomic E-state index is 16.0. The van der Waals surface area contributed by atoms with Crippen LogP contribution in [0.5, 0.6) is 6.01 Å². The second kappa shape index (κ2) is 10.4. The summed E-state index contributed by atoms with van der Waals surface area (Å²) in [7, 11) is 0. The van der Waals surface area contributed by atoms with Crippen molar-refractivity contribution < 1.29 is 23.0 Å². The number of hydrogen-bond acceptors (Lipinski definition) is 8. The van der Waals surface area contributed by atoms with Gasteiger partial charge in [0, 0.05) is 48.6 Å². The van der Waals surface area contributed by atoms with Crippen LogP contribution in [0.15, 0.2) is 29.3 Å². The smallest absolute Gasteiger partial charge is 0.321 e. The van der Waals surface area contributed by atoms with Crippen LogP contribution in [-0.2, 0) is 0 Å². The topological polar surface area (TPSA) is 105 Å². The number of ether oxygens (including phenoxy) is 1. The lowest BCUT2D eigenvalue weighted by Gasteiger charge is -2.39. The van der Waals surface area contributed by atoms with Gasteiger partial charge in [-0.3, -0.25) is 14.3 Å². The van der Waals surface area contributed by atoms with Crippen LogP contribution in [0.3, 0.4) is 0 Å². The van der Waals surface area contributed by atoms with Crippen LogP contribution in [0, 0.1) is 11.2 Å². The number of hydrogen-bond donors (Lipinski definition) is 2. The average Bonchev–Trinajstić information content (AvgIpc) is 3.36. The molecular formula is C27H31F3N6O3. The first-order valence-electron chi connectivity index (χ1n) is 13.5. The molecule has 1 aliphatic carbocycles. The van der Waals surface area contributed by atoms with Crippen LogP contribution in [0.25, 0.3) is 22.2 Å². The lowest BCUT2D eigenvalue weighted by atomic mass is 9.76. The predicted molar refractivity (Wildman–Crippen MR) is 138 cm³/mol.